The Labute approximate surface area is 118 Å². The van der Waals surface area contributed by atoms with Crippen LogP contribution in [-0.4, -0.2) is 12.5 Å². The summed E-state index contributed by atoms with van der Waals surface area (Å²) >= 11 is 0. The van der Waals surface area contributed by atoms with E-state index < -0.39 is 5.41 Å². The molecular formula is C17H18FNO. The van der Waals surface area contributed by atoms with Crippen LogP contribution in [-0.2, 0) is 5.41 Å². The summed E-state index contributed by atoms with van der Waals surface area (Å²) in [6.07, 6.45) is 0. The zero-order chi connectivity index (χ0) is 14.6. The minimum atomic E-state index is -0.463. The summed E-state index contributed by atoms with van der Waals surface area (Å²) in [4.78, 5) is 12.0. The topological polar surface area (TPSA) is 29.1 Å². The maximum absolute atomic E-state index is 13.8. The maximum Gasteiger partial charge on any atom is 0.251 e. The van der Waals surface area contributed by atoms with Crippen molar-refractivity contribution in [1.29, 1.82) is 0 Å². The van der Waals surface area contributed by atoms with E-state index in [-0.39, 0.29) is 11.7 Å². The molecule has 0 fully saturated rings. The van der Waals surface area contributed by atoms with Crippen LogP contribution in [0.25, 0.3) is 0 Å². The summed E-state index contributed by atoms with van der Waals surface area (Å²) < 4.78 is 13.8. The van der Waals surface area contributed by atoms with E-state index in [1.807, 2.05) is 32.0 Å². The predicted octanol–water partition coefficient (Wildman–Crippen LogP) is 3.53. The third-order valence-electron chi connectivity index (χ3n) is 3.33. The molecule has 0 saturated carbocycles. The van der Waals surface area contributed by atoms with Gasteiger partial charge < -0.3 is 5.32 Å². The molecule has 0 aliphatic carbocycles. The first-order chi connectivity index (χ1) is 9.50. The van der Waals surface area contributed by atoms with E-state index in [4.69, 9.17) is 0 Å². The van der Waals surface area contributed by atoms with E-state index in [9.17, 15) is 9.18 Å². The van der Waals surface area contributed by atoms with Crippen molar-refractivity contribution in [1.82, 2.24) is 5.32 Å². The van der Waals surface area contributed by atoms with Crippen molar-refractivity contribution < 1.29 is 9.18 Å². The molecule has 0 atom stereocenters. The Morgan fingerprint density at radius 2 is 1.65 bits per heavy atom. The Morgan fingerprint density at radius 1 is 1.05 bits per heavy atom. The number of carbonyl (C=O) groups excluding carboxylic acids is 1. The minimum Gasteiger partial charge on any atom is -0.351 e. The van der Waals surface area contributed by atoms with Gasteiger partial charge in [0.05, 0.1) is 0 Å². The largest absolute Gasteiger partial charge is 0.351 e. The number of rotatable bonds is 4. The highest BCUT2D eigenvalue weighted by molar-refractivity contribution is 5.94. The van der Waals surface area contributed by atoms with Crippen LogP contribution >= 0.6 is 0 Å². The van der Waals surface area contributed by atoms with Crippen LogP contribution in [0.1, 0.15) is 29.8 Å². The van der Waals surface area contributed by atoms with E-state index in [2.05, 4.69) is 5.32 Å². The van der Waals surface area contributed by atoms with Gasteiger partial charge in [-0.15, -0.1) is 0 Å². The van der Waals surface area contributed by atoms with Crippen molar-refractivity contribution in [2.45, 2.75) is 19.3 Å². The van der Waals surface area contributed by atoms with Gasteiger partial charge in [0.2, 0.25) is 0 Å². The molecule has 0 aliphatic heterocycles. The first-order valence-electron chi connectivity index (χ1n) is 6.59. The van der Waals surface area contributed by atoms with Gasteiger partial charge in [0.15, 0.2) is 0 Å². The highest BCUT2D eigenvalue weighted by atomic mass is 19.1. The molecule has 0 bridgehead atoms. The molecule has 2 nitrogen and oxygen atoms in total. The minimum absolute atomic E-state index is 0.144. The van der Waals surface area contributed by atoms with E-state index in [0.717, 1.165) is 0 Å². The summed E-state index contributed by atoms with van der Waals surface area (Å²) in [5.41, 5.74) is 0.751. The molecular weight excluding hydrogens is 253 g/mol. The SMILES string of the molecule is CC(C)(CNC(=O)c1ccccc1)c1ccccc1F. The fourth-order valence-electron chi connectivity index (χ4n) is 2.10. The number of hydrogen-bond acceptors (Lipinski definition) is 1. The molecule has 2 aromatic carbocycles. The number of carbonyl (C=O) groups is 1. The Hall–Kier alpha value is -2.16. The van der Waals surface area contributed by atoms with E-state index >= 15 is 0 Å². The van der Waals surface area contributed by atoms with Crippen molar-refractivity contribution in [2.75, 3.05) is 6.54 Å². The molecule has 2 rings (SSSR count). The summed E-state index contributed by atoms with van der Waals surface area (Å²) in [6.45, 7) is 4.20. The lowest BCUT2D eigenvalue weighted by molar-refractivity contribution is 0.0945. The van der Waals surface area contributed by atoms with Crippen LogP contribution in [0.4, 0.5) is 4.39 Å². The second kappa shape index (κ2) is 5.87. The van der Waals surface area contributed by atoms with Crippen LogP contribution in [0.3, 0.4) is 0 Å². The number of amides is 1. The summed E-state index contributed by atoms with van der Waals surface area (Å²) in [6, 6.07) is 15.7. The van der Waals surface area contributed by atoms with Crippen molar-refractivity contribution in [2.24, 2.45) is 0 Å². The van der Waals surface area contributed by atoms with Gasteiger partial charge in [0.1, 0.15) is 5.82 Å². The summed E-state index contributed by atoms with van der Waals surface area (Å²) in [5.74, 6) is -0.388. The van der Waals surface area contributed by atoms with Crippen molar-refractivity contribution >= 4 is 5.91 Å². The Balaban J connectivity index is 2.07. The normalized spacial score (nSPS) is 11.2. The second-order valence-electron chi connectivity index (χ2n) is 5.41. The lowest BCUT2D eigenvalue weighted by Gasteiger charge is -2.26. The van der Waals surface area contributed by atoms with E-state index in [1.54, 1.807) is 30.3 Å². The Bertz CT molecular complexity index is 593. The van der Waals surface area contributed by atoms with Crippen molar-refractivity contribution in [3.05, 3.63) is 71.5 Å². The number of halogens is 1. The molecule has 0 aromatic heterocycles. The van der Waals surface area contributed by atoms with E-state index in [1.165, 1.54) is 6.07 Å². The fraction of sp³-hybridized carbons (Fsp3) is 0.235. The van der Waals surface area contributed by atoms with Crippen LogP contribution in [0.5, 0.6) is 0 Å². The standard InChI is InChI=1S/C17H18FNO/c1-17(2,14-10-6-7-11-15(14)18)12-19-16(20)13-8-4-3-5-9-13/h3-11H,12H2,1-2H3,(H,19,20). The van der Waals surface area contributed by atoms with Crippen LogP contribution in [0.15, 0.2) is 54.6 Å². The zero-order valence-corrected chi connectivity index (χ0v) is 11.7. The predicted molar refractivity (Wildman–Crippen MR) is 78.2 cm³/mol. The third kappa shape index (κ3) is 3.23. The monoisotopic (exact) mass is 271 g/mol. The second-order valence-corrected chi connectivity index (χ2v) is 5.41. The van der Waals surface area contributed by atoms with Crippen LogP contribution in [0.2, 0.25) is 0 Å². The average Bonchev–Trinajstić information content (AvgIpc) is 2.46. The van der Waals surface area contributed by atoms with Gasteiger partial charge in [-0.05, 0) is 23.8 Å². The molecule has 0 radical (unpaired) electrons. The van der Waals surface area contributed by atoms with Crippen molar-refractivity contribution in [3.8, 4) is 0 Å². The lowest BCUT2D eigenvalue weighted by atomic mass is 9.84. The average molecular weight is 271 g/mol. The Kier molecular flexibility index (Phi) is 4.18. The summed E-state index contributed by atoms with van der Waals surface area (Å²) in [7, 11) is 0. The Morgan fingerprint density at radius 3 is 2.30 bits per heavy atom. The highest BCUT2D eigenvalue weighted by Gasteiger charge is 2.24. The third-order valence-corrected chi connectivity index (χ3v) is 3.33. The number of nitrogens with one attached hydrogen (secondary N) is 1. The van der Waals surface area contributed by atoms with E-state index in [0.29, 0.717) is 17.7 Å². The first kappa shape index (κ1) is 14.3. The van der Waals surface area contributed by atoms with Gasteiger partial charge in [-0.3, -0.25) is 4.79 Å². The molecule has 2 aromatic rings. The van der Waals surface area contributed by atoms with Crippen molar-refractivity contribution in [3.63, 3.8) is 0 Å². The fourth-order valence-corrected chi connectivity index (χ4v) is 2.10. The van der Waals surface area contributed by atoms with Crippen LogP contribution in [0, 0.1) is 5.82 Å². The van der Waals surface area contributed by atoms with Gasteiger partial charge in [-0.2, -0.15) is 0 Å². The highest BCUT2D eigenvalue weighted by Crippen LogP contribution is 2.24. The zero-order valence-electron chi connectivity index (χ0n) is 11.7. The van der Waals surface area contributed by atoms with Gasteiger partial charge in [-0.25, -0.2) is 4.39 Å². The van der Waals surface area contributed by atoms with Gasteiger partial charge in [0.25, 0.3) is 5.91 Å². The molecule has 0 aliphatic rings. The quantitative estimate of drug-likeness (QED) is 0.905. The number of hydrogen-bond donors (Lipinski definition) is 1. The van der Waals surface area contributed by atoms with Gasteiger partial charge >= 0.3 is 0 Å². The van der Waals surface area contributed by atoms with Gasteiger partial charge in [0, 0.05) is 17.5 Å². The first-order valence-corrected chi connectivity index (χ1v) is 6.59. The molecule has 104 valence electrons. The molecule has 1 N–H and O–H groups in total. The lowest BCUT2D eigenvalue weighted by Crippen LogP contribution is -2.37. The maximum atomic E-state index is 13.8. The molecule has 3 heteroatoms. The van der Waals surface area contributed by atoms with Crippen LogP contribution < -0.4 is 5.32 Å². The molecule has 0 saturated heterocycles. The summed E-state index contributed by atoms with van der Waals surface area (Å²) in [5, 5.41) is 2.86. The molecule has 1 amide bonds. The molecule has 20 heavy (non-hydrogen) atoms. The van der Waals surface area contributed by atoms with Gasteiger partial charge in [-0.1, -0.05) is 50.2 Å². The molecule has 0 spiro atoms. The molecule has 0 heterocycles. The smallest absolute Gasteiger partial charge is 0.251 e. The number of benzene rings is 2. The molecule has 0 unspecified atom stereocenters.